The average molecular weight is 260 g/mol. The fourth-order valence-electron chi connectivity index (χ4n) is 2.06. The highest BCUT2D eigenvalue weighted by molar-refractivity contribution is 5.69. The van der Waals surface area contributed by atoms with Gasteiger partial charge in [-0.2, -0.15) is 0 Å². The first kappa shape index (κ1) is 13.1. The molecule has 100 valence electrons. The zero-order valence-electron chi connectivity index (χ0n) is 10.9. The Hall–Kier alpha value is -2.30. The number of carboxylic acids is 1. The van der Waals surface area contributed by atoms with E-state index in [0.29, 0.717) is 5.75 Å². The molecule has 1 atom stereocenters. The van der Waals surface area contributed by atoms with Gasteiger partial charge in [-0.1, -0.05) is 12.1 Å². The maximum Gasteiger partial charge on any atom is 0.304 e. The number of aryl methyl sites for hydroxylation is 1. The van der Waals surface area contributed by atoms with Crippen LogP contribution in [0.5, 0.6) is 5.75 Å². The molecule has 1 aromatic heterocycles. The predicted molar refractivity (Wildman–Crippen MR) is 70.4 cm³/mol. The van der Waals surface area contributed by atoms with Gasteiger partial charge in [0.05, 0.1) is 13.5 Å². The molecule has 2 rings (SSSR count). The summed E-state index contributed by atoms with van der Waals surface area (Å²) < 4.78 is 5.18. The van der Waals surface area contributed by atoms with Gasteiger partial charge in [-0.15, -0.1) is 0 Å². The van der Waals surface area contributed by atoms with E-state index in [-0.39, 0.29) is 12.3 Å². The molecule has 0 amide bonds. The molecule has 0 saturated carbocycles. The van der Waals surface area contributed by atoms with Crippen LogP contribution in [-0.4, -0.2) is 28.2 Å². The molecule has 0 radical (unpaired) electrons. The molecule has 19 heavy (non-hydrogen) atoms. The van der Waals surface area contributed by atoms with Crippen LogP contribution in [0.25, 0.3) is 0 Å². The summed E-state index contributed by atoms with van der Waals surface area (Å²) in [6.07, 6.45) is 1.69. The molecule has 5 nitrogen and oxygen atoms in total. The van der Waals surface area contributed by atoms with E-state index < -0.39 is 5.97 Å². The van der Waals surface area contributed by atoms with E-state index in [9.17, 15) is 4.79 Å². The van der Waals surface area contributed by atoms with E-state index in [0.717, 1.165) is 17.1 Å². The van der Waals surface area contributed by atoms with Crippen LogP contribution in [0.15, 0.2) is 30.5 Å². The number of rotatable bonds is 5. The fourth-order valence-corrected chi connectivity index (χ4v) is 2.06. The lowest BCUT2D eigenvalue weighted by Crippen LogP contribution is -2.08. The number of benzene rings is 1. The molecule has 0 spiro atoms. The molecule has 1 heterocycles. The number of aromatic nitrogens is 2. The molecule has 0 aliphatic heterocycles. The van der Waals surface area contributed by atoms with E-state index in [1.54, 1.807) is 13.3 Å². The molecule has 0 fully saturated rings. The van der Waals surface area contributed by atoms with Crippen molar-refractivity contribution >= 4 is 5.97 Å². The zero-order chi connectivity index (χ0) is 13.8. The summed E-state index contributed by atoms with van der Waals surface area (Å²) in [5, 5.41) is 9.07. The maximum absolute atomic E-state index is 11.1. The fraction of sp³-hybridized carbons (Fsp3) is 0.286. The molecule has 0 saturated heterocycles. The summed E-state index contributed by atoms with van der Waals surface area (Å²) in [7, 11) is 1.59. The maximum atomic E-state index is 11.1. The topological polar surface area (TPSA) is 75.2 Å². The first-order chi connectivity index (χ1) is 9.10. The molecule has 0 bridgehead atoms. The van der Waals surface area contributed by atoms with Crippen molar-refractivity contribution in [3.05, 3.63) is 47.5 Å². The Labute approximate surface area is 111 Å². The molecule has 1 unspecified atom stereocenters. The normalized spacial score (nSPS) is 12.1. The molecule has 1 aromatic carbocycles. The Bertz CT molecular complexity index is 578. The van der Waals surface area contributed by atoms with Gasteiger partial charge >= 0.3 is 5.97 Å². The number of methoxy groups -OCH3 is 1. The van der Waals surface area contributed by atoms with Crippen LogP contribution < -0.4 is 4.74 Å². The lowest BCUT2D eigenvalue weighted by Gasteiger charge is -2.14. The second-order valence-corrected chi connectivity index (χ2v) is 4.35. The van der Waals surface area contributed by atoms with Gasteiger partial charge in [-0.05, 0) is 24.6 Å². The number of hydrogen-bond donors (Lipinski definition) is 2. The van der Waals surface area contributed by atoms with Crippen LogP contribution in [-0.2, 0) is 4.79 Å². The number of carbonyl (C=O) groups is 1. The molecule has 2 N–H and O–H groups in total. The summed E-state index contributed by atoms with van der Waals surface area (Å²) in [4.78, 5) is 18.3. The van der Waals surface area contributed by atoms with Crippen molar-refractivity contribution in [1.29, 1.82) is 0 Å². The number of nitrogens with zero attached hydrogens (tertiary/aromatic N) is 1. The minimum absolute atomic E-state index is 0.00873. The molecule has 0 aliphatic rings. The minimum atomic E-state index is -0.847. The van der Waals surface area contributed by atoms with Crippen molar-refractivity contribution < 1.29 is 14.6 Å². The molecular formula is C14H16N2O3. The molecule has 2 aromatic rings. The second kappa shape index (κ2) is 5.56. The summed E-state index contributed by atoms with van der Waals surface area (Å²) in [6, 6.07) is 7.43. The third-order valence-electron chi connectivity index (χ3n) is 2.97. The van der Waals surface area contributed by atoms with E-state index >= 15 is 0 Å². The number of nitrogens with one attached hydrogen (secondary N) is 1. The van der Waals surface area contributed by atoms with Crippen molar-refractivity contribution in [3.63, 3.8) is 0 Å². The number of aliphatic carboxylic acids is 1. The number of H-pyrrole nitrogens is 1. The Morgan fingerprint density at radius 2 is 2.32 bits per heavy atom. The third kappa shape index (κ3) is 3.13. The van der Waals surface area contributed by atoms with Crippen LogP contribution in [0, 0.1) is 6.92 Å². The van der Waals surface area contributed by atoms with Crippen LogP contribution in [0.4, 0.5) is 0 Å². The van der Waals surface area contributed by atoms with Crippen molar-refractivity contribution in [1.82, 2.24) is 9.97 Å². The van der Waals surface area contributed by atoms with E-state index in [1.807, 2.05) is 31.2 Å². The van der Waals surface area contributed by atoms with Gasteiger partial charge in [-0.25, -0.2) is 4.98 Å². The van der Waals surface area contributed by atoms with Gasteiger partial charge in [0.2, 0.25) is 0 Å². The molecular weight excluding hydrogens is 244 g/mol. The predicted octanol–water partition coefficient (Wildman–Crippen LogP) is 2.33. The summed E-state index contributed by atoms with van der Waals surface area (Å²) in [6.45, 7) is 1.84. The number of carboxylic acid groups (broad SMARTS) is 1. The summed E-state index contributed by atoms with van der Waals surface area (Å²) >= 11 is 0. The lowest BCUT2D eigenvalue weighted by atomic mass is 9.93. The minimum Gasteiger partial charge on any atom is -0.497 e. The average Bonchev–Trinajstić information content (AvgIpc) is 2.82. The number of hydrogen-bond acceptors (Lipinski definition) is 3. The Morgan fingerprint density at radius 3 is 2.89 bits per heavy atom. The van der Waals surface area contributed by atoms with Gasteiger partial charge in [0, 0.05) is 17.8 Å². The van der Waals surface area contributed by atoms with Crippen molar-refractivity contribution in [3.8, 4) is 5.75 Å². The highest BCUT2D eigenvalue weighted by Crippen LogP contribution is 2.29. The van der Waals surface area contributed by atoms with Crippen molar-refractivity contribution in [2.75, 3.05) is 7.11 Å². The van der Waals surface area contributed by atoms with Gasteiger partial charge in [-0.3, -0.25) is 4.79 Å². The number of ether oxygens (including phenoxy) is 1. The van der Waals surface area contributed by atoms with Crippen molar-refractivity contribution in [2.24, 2.45) is 0 Å². The van der Waals surface area contributed by atoms with Gasteiger partial charge in [0.15, 0.2) is 0 Å². The Morgan fingerprint density at radius 1 is 1.53 bits per heavy atom. The summed E-state index contributed by atoms with van der Waals surface area (Å²) in [5.41, 5.74) is 1.69. The van der Waals surface area contributed by atoms with E-state index in [2.05, 4.69) is 9.97 Å². The SMILES string of the molecule is COc1cccc(C(CC(=O)O)c2cnc(C)[nH]2)c1. The monoisotopic (exact) mass is 260 g/mol. The number of imidazole rings is 1. The molecule has 5 heteroatoms. The second-order valence-electron chi connectivity index (χ2n) is 4.35. The van der Waals surface area contributed by atoms with Gasteiger partial charge < -0.3 is 14.8 Å². The van der Waals surface area contributed by atoms with E-state index in [4.69, 9.17) is 9.84 Å². The van der Waals surface area contributed by atoms with Crippen LogP contribution in [0.2, 0.25) is 0 Å². The third-order valence-corrected chi connectivity index (χ3v) is 2.97. The Kier molecular flexibility index (Phi) is 3.85. The zero-order valence-corrected chi connectivity index (χ0v) is 10.9. The summed E-state index contributed by atoms with van der Waals surface area (Å²) in [5.74, 6) is 0.381. The number of aromatic amines is 1. The Balaban J connectivity index is 2.39. The van der Waals surface area contributed by atoms with E-state index in [1.165, 1.54) is 0 Å². The van der Waals surface area contributed by atoms with Gasteiger partial charge in [0.25, 0.3) is 0 Å². The van der Waals surface area contributed by atoms with Crippen LogP contribution in [0.3, 0.4) is 0 Å². The first-order valence-electron chi connectivity index (χ1n) is 5.97. The smallest absolute Gasteiger partial charge is 0.304 e. The highest BCUT2D eigenvalue weighted by atomic mass is 16.5. The standard InChI is InChI=1S/C14H16N2O3/c1-9-15-8-13(16-9)12(7-14(17)18)10-4-3-5-11(6-10)19-2/h3-6,8,12H,7H2,1-2H3,(H,15,16)(H,17,18). The van der Waals surface area contributed by atoms with Gasteiger partial charge in [0.1, 0.15) is 11.6 Å². The quantitative estimate of drug-likeness (QED) is 0.865. The van der Waals surface area contributed by atoms with Crippen molar-refractivity contribution in [2.45, 2.75) is 19.3 Å². The first-order valence-corrected chi connectivity index (χ1v) is 5.97. The largest absolute Gasteiger partial charge is 0.497 e. The molecule has 0 aliphatic carbocycles. The van der Waals surface area contributed by atoms with Crippen LogP contribution in [0.1, 0.15) is 29.4 Å². The van der Waals surface area contributed by atoms with Crippen LogP contribution >= 0.6 is 0 Å². The highest BCUT2D eigenvalue weighted by Gasteiger charge is 2.20. The lowest BCUT2D eigenvalue weighted by molar-refractivity contribution is -0.137.